The molecule has 0 N–H and O–H groups in total. The van der Waals surface area contributed by atoms with Gasteiger partial charge in [-0.3, -0.25) is 0 Å². The summed E-state index contributed by atoms with van der Waals surface area (Å²) in [5.74, 6) is 0.884. The van der Waals surface area contributed by atoms with E-state index in [1.165, 1.54) is 33.0 Å². The Morgan fingerprint density at radius 1 is 0.957 bits per heavy atom. The van der Waals surface area contributed by atoms with E-state index in [0.29, 0.717) is 0 Å². The maximum absolute atomic E-state index is 5.27. The Morgan fingerprint density at radius 3 is 2.26 bits per heavy atom. The van der Waals surface area contributed by atoms with E-state index < -0.39 is 0 Å². The summed E-state index contributed by atoms with van der Waals surface area (Å²) < 4.78 is 7.56. The molecule has 0 atom stereocenters. The minimum Gasteiger partial charge on any atom is -0.497 e. The molecule has 2 nitrogen and oxygen atoms in total. The second-order valence-corrected chi connectivity index (χ2v) is 6.36. The second kappa shape index (κ2) is 6.55. The van der Waals surface area contributed by atoms with E-state index in [2.05, 4.69) is 67.3 Å². The Labute approximate surface area is 142 Å². The van der Waals surface area contributed by atoms with Gasteiger partial charge in [-0.25, -0.2) is 0 Å². The van der Waals surface area contributed by atoms with Gasteiger partial charge in [-0.05, 0) is 49.4 Å². The van der Waals surface area contributed by atoms with E-state index in [1.807, 2.05) is 12.1 Å². The molecule has 1 aromatic heterocycles. The molecular formula is C20H21NOS. The van der Waals surface area contributed by atoms with Crippen LogP contribution in [0.25, 0.3) is 16.8 Å². The lowest BCUT2D eigenvalue weighted by atomic mass is 10.1. The second-order valence-electron chi connectivity index (χ2n) is 5.55. The molecule has 0 bridgehead atoms. The van der Waals surface area contributed by atoms with Crippen molar-refractivity contribution >= 4 is 11.8 Å². The normalized spacial score (nSPS) is 10.8. The highest BCUT2D eigenvalue weighted by molar-refractivity contribution is 7.98. The number of aryl methyl sites for hydroxylation is 1. The van der Waals surface area contributed by atoms with Crippen molar-refractivity contribution in [2.45, 2.75) is 18.7 Å². The van der Waals surface area contributed by atoms with Gasteiger partial charge in [0.25, 0.3) is 0 Å². The summed E-state index contributed by atoms with van der Waals surface area (Å²) in [4.78, 5) is 1.32. The zero-order valence-corrected chi connectivity index (χ0v) is 14.8. The summed E-state index contributed by atoms with van der Waals surface area (Å²) in [7, 11) is 1.70. The van der Waals surface area contributed by atoms with Crippen LogP contribution in [0.15, 0.2) is 59.6 Å². The number of aromatic nitrogens is 1. The predicted octanol–water partition coefficient (Wildman–Crippen LogP) is 5.49. The maximum atomic E-state index is 5.27. The molecule has 1 heterocycles. The number of rotatable bonds is 4. The van der Waals surface area contributed by atoms with Crippen LogP contribution < -0.4 is 4.74 Å². The Kier molecular flexibility index (Phi) is 4.49. The van der Waals surface area contributed by atoms with Gasteiger partial charge >= 0.3 is 0 Å². The van der Waals surface area contributed by atoms with Gasteiger partial charge in [0.2, 0.25) is 0 Å². The minimum absolute atomic E-state index is 0.884. The van der Waals surface area contributed by atoms with E-state index in [0.717, 1.165) is 5.75 Å². The molecule has 0 aliphatic rings. The van der Waals surface area contributed by atoms with Gasteiger partial charge < -0.3 is 9.30 Å². The van der Waals surface area contributed by atoms with Gasteiger partial charge in [-0.15, -0.1) is 11.8 Å². The van der Waals surface area contributed by atoms with Crippen molar-refractivity contribution < 1.29 is 4.74 Å². The molecule has 0 amide bonds. The zero-order valence-electron chi connectivity index (χ0n) is 14.0. The number of para-hydroxylation sites is 1. The van der Waals surface area contributed by atoms with Crippen LogP contribution >= 0.6 is 11.8 Å². The number of methoxy groups -OCH3 is 1. The first-order valence-corrected chi connectivity index (χ1v) is 8.84. The third-order valence-corrected chi connectivity index (χ3v) is 5.10. The number of thioether (sulfide) groups is 1. The van der Waals surface area contributed by atoms with Crippen molar-refractivity contribution in [3.63, 3.8) is 0 Å². The van der Waals surface area contributed by atoms with Gasteiger partial charge in [0, 0.05) is 28.0 Å². The molecule has 0 aliphatic heterocycles. The minimum atomic E-state index is 0.884. The van der Waals surface area contributed by atoms with Crippen LogP contribution in [0.4, 0.5) is 0 Å². The van der Waals surface area contributed by atoms with Crippen LogP contribution in [0, 0.1) is 13.8 Å². The summed E-state index contributed by atoms with van der Waals surface area (Å²) in [6, 6.07) is 16.8. The van der Waals surface area contributed by atoms with Gasteiger partial charge in [-0.2, -0.15) is 0 Å². The van der Waals surface area contributed by atoms with E-state index in [9.17, 15) is 0 Å². The number of hydrogen-bond donors (Lipinski definition) is 0. The SMILES string of the molecule is COc1ccc(-c2cn(-c3ccccc3C)c(C)c2SC)cc1. The summed E-state index contributed by atoms with van der Waals surface area (Å²) in [5.41, 5.74) is 6.27. The highest BCUT2D eigenvalue weighted by atomic mass is 32.2. The van der Waals surface area contributed by atoms with Crippen LogP contribution in [0.1, 0.15) is 11.3 Å². The van der Waals surface area contributed by atoms with E-state index in [4.69, 9.17) is 4.74 Å². The Hall–Kier alpha value is -2.13. The molecular weight excluding hydrogens is 302 g/mol. The maximum Gasteiger partial charge on any atom is 0.118 e. The van der Waals surface area contributed by atoms with E-state index >= 15 is 0 Å². The highest BCUT2D eigenvalue weighted by Crippen LogP contribution is 2.37. The third kappa shape index (κ3) is 2.89. The summed E-state index contributed by atoms with van der Waals surface area (Å²) in [6.07, 6.45) is 4.38. The molecule has 0 fully saturated rings. The van der Waals surface area contributed by atoms with Gasteiger partial charge in [-0.1, -0.05) is 30.3 Å². The molecule has 118 valence electrons. The average Bonchev–Trinajstić information content (AvgIpc) is 2.92. The van der Waals surface area contributed by atoms with Gasteiger partial charge in [0.15, 0.2) is 0 Å². The topological polar surface area (TPSA) is 14.2 Å². The lowest BCUT2D eigenvalue weighted by Gasteiger charge is -2.09. The first kappa shape index (κ1) is 15.8. The van der Waals surface area contributed by atoms with Crippen molar-refractivity contribution in [1.82, 2.24) is 4.57 Å². The van der Waals surface area contributed by atoms with Crippen molar-refractivity contribution in [1.29, 1.82) is 0 Å². The fourth-order valence-corrected chi connectivity index (χ4v) is 3.69. The number of hydrogen-bond acceptors (Lipinski definition) is 2. The predicted molar refractivity (Wildman–Crippen MR) is 99.0 cm³/mol. The lowest BCUT2D eigenvalue weighted by Crippen LogP contribution is -1.97. The Balaban J connectivity index is 2.15. The van der Waals surface area contributed by atoms with Gasteiger partial charge in [0.05, 0.1) is 7.11 Å². The molecule has 0 saturated heterocycles. The zero-order chi connectivity index (χ0) is 16.4. The quantitative estimate of drug-likeness (QED) is 0.589. The molecule has 3 aromatic rings. The fraction of sp³-hybridized carbons (Fsp3) is 0.200. The summed E-state index contributed by atoms with van der Waals surface area (Å²) >= 11 is 1.80. The molecule has 0 radical (unpaired) electrons. The van der Waals surface area contributed by atoms with Crippen LogP contribution in [0.3, 0.4) is 0 Å². The largest absolute Gasteiger partial charge is 0.497 e. The highest BCUT2D eigenvalue weighted by Gasteiger charge is 2.15. The monoisotopic (exact) mass is 323 g/mol. The van der Waals surface area contributed by atoms with Crippen molar-refractivity contribution in [2.75, 3.05) is 13.4 Å². The molecule has 3 rings (SSSR count). The number of nitrogens with zero attached hydrogens (tertiary/aromatic N) is 1. The Bertz CT molecular complexity index is 818. The molecule has 2 aromatic carbocycles. The smallest absolute Gasteiger partial charge is 0.118 e. The molecule has 0 unspecified atom stereocenters. The van der Waals surface area contributed by atoms with Crippen LogP contribution in [-0.2, 0) is 0 Å². The fourth-order valence-electron chi connectivity index (χ4n) is 2.91. The summed E-state index contributed by atoms with van der Waals surface area (Å²) in [6.45, 7) is 4.34. The third-order valence-electron chi connectivity index (χ3n) is 4.17. The molecule has 0 aliphatic carbocycles. The standard InChI is InChI=1S/C20H21NOS/c1-14-7-5-6-8-19(14)21-13-18(20(23-4)15(21)2)16-9-11-17(22-3)12-10-16/h5-13H,1-4H3. The molecule has 0 saturated carbocycles. The molecule has 0 spiro atoms. The van der Waals surface area contributed by atoms with Crippen LogP contribution in [-0.4, -0.2) is 17.9 Å². The van der Waals surface area contributed by atoms with E-state index in [-0.39, 0.29) is 0 Å². The molecule has 23 heavy (non-hydrogen) atoms. The van der Waals surface area contributed by atoms with Crippen LogP contribution in [0.2, 0.25) is 0 Å². The first-order valence-electron chi connectivity index (χ1n) is 7.62. The first-order chi connectivity index (χ1) is 11.2. The number of benzene rings is 2. The van der Waals surface area contributed by atoms with Crippen molar-refractivity contribution in [2.24, 2.45) is 0 Å². The Morgan fingerprint density at radius 2 is 1.65 bits per heavy atom. The van der Waals surface area contributed by atoms with Crippen LogP contribution in [0.5, 0.6) is 5.75 Å². The summed E-state index contributed by atoms with van der Waals surface area (Å²) in [5, 5.41) is 0. The van der Waals surface area contributed by atoms with E-state index in [1.54, 1.807) is 18.9 Å². The van der Waals surface area contributed by atoms with Gasteiger partial charge in [0.1, 0.15) is 5.75 Å². The average molecular weight is 323 g/mol. The molecule has 3 heteroatoms. The lowest BCUT2D eigenvalue weighted by molar-refractivity contribution is 0.415. The number of ether oxygens (including phenoxy) is 1. The van der Waals surface area contributed by atoms with Crippen molar-refractivity contribution in [3.8, 4) is 22.6 Å². The van der Waals surface area contributed by atoms with Crippen molar-refractivity contribution in [3.05, 3.63) is 66.0 Å².